The van der Waals surface area contributed by atoms with Crippen molar-refractivity contribution in [2.75, 3.05) is 0 Å². The van der Waals surface area contributed by atoms with Crippen LogP contribution < -0.4 is 0 Å². The highest BCUT2D eigenvalue weighted by Crippen LogP contribution is 2.38. The number of hydrogen-bond acceptors (Lipinski definition) is 2. The summed E-state index contributed by atoms with van der Waals surface area (Å²) in [6, 6.07) is 14.0. The Hall–Kier alpha value is -1.12. The van der Waals surface area contributed by atoms with Crippen molar-refractivity contribution in [3.8, 4) is 10.4 Å². The highest BCUT2D eigenvalue weighted by molar-refractivity contribution is 7.29. The summed E-state index contributed by atoms with van der Waals surface area (Å²) in [5.41, 5.74) is 2.85. The lowest BCUT2D eigenvalue weighted by Crippen LogP contribution is -1.85. The van der Waals surface area contributed by atoms with E-state index in [0.717, 1.165) is 0 Å². The van der Waals surface area contributed by atoms with Crippen LogP contribution >= 0.6 is 22.7 Å². The molecule has 0 spiro atoms. The molecule has 0 N–H and O–H groups in total. The molecule has 2 heteroatoms. The molecule has 0 bridgehead atoms. The summed E-state index contributed by atoms with van der Waals surface area (Å²) in [5, 5.41) is 0. The molecule has 2 aromatic heterocycles. The van der Waals surface area contributed by atoms with Gasteiger partial charge < -0.3 is 0 Å². The van der Waals surface area contributed by atoms with Gasteiger partial charge in [0.05, 0.1) is 0 Å². The van der Waals surface area contributed by atoms with E-state index in [1.54, 1.807) is 4.88 Å². The maximum absolute atomic E-state index is 2.42. The number of fused-ring (bicyclic) bond motifs is 1. The van der Waals surface area contributed by atoms with Gasteiger partial charge in [-0.2, -0.15) is 0 Å². The first-order valence-corrected chi connectivity index (χ1v) is 11.0. The standard InChI is InChI=1S/C22H28S2/c1-3-5-7-9-17-11-13-18(14-12-17)20-16-22-21(24-20)15-19(23-22)10-8-6-4-2/h11-16H,3-10H2,1-2H3. The SMILES string of the molecule is CCCCCc1ccc(-c2cc3sc(CCCCC)cc3s2)cc1. The molecule has 0 aliphatic carbocycles. The molecule has 0 saturated heterocycles. The zero-order valence-electron chi connectivity index (χ0n) is 14.9. The van der Waals surface area contributed by atoms with Crippen LogP contribution in [0.1, 0.15) is 62.8 Å². The highest BCUT2D eigenvalue weighted by atomic mass is 32.1. The average Bonchev–Trinajstić information content (AvgIpc) is 3.15. The Morgan fingerprint density at radius 2 is 1.38 bits per heavy atom. The van der Waals surface area contributed by atoms with Gasteiger partial charge in [0.25, 0.3) is 0 Å². The molecule has 0 unspecified atom stereocenters. The zero-order valence-corrected chi connectivity index (χ0v) is 16.6. The van der Waals surface area contributed by atoms with Crippen molar-refractivity contribution in [3.05, 3.63) is 46.8 Å². The molecule has 24 heavy (non-hydrogen) atoms. The Bertz CT molecular complexity index is 714. The quantitative estimate of drug-likeness (QED) is 0.340. The molecule has 1 aromatic carbocycles. The molecule has 0 aliphatic rings. The minimum Gasteiger partial charge on any atom is -0.139 e. The van der Waals surface area contributed by atoms with Crippen molar-refractivity contribution in [3.63, 3.8) is 0 Å². The topological polar surface area (TPSA) is 0 Å². The minimum atomic E-state index is 1.22. The number of aryl methyl sites for hydroxylation is 2. The largest absolute Gasteiger partial charge is 0.139 e. The van der Waals surface area contributed by atoms with Crippen molar-refractivity contribution >= 4 is 32.1 Å². The lowest BCUT2D eigenvalue weighted by molar-refractivity contribution is 0.717. The Balaban J connectivity index is 1.67. The van der Waals surface area contributed by atoms with Crippen LogP contribution in [-0.2, 0) is 12.8 Å². The fourth-order valence-corrected chi connectivity index (χ4v) is 5.58. The number of rotatable bonds is 9. The van der Waals surface area contributed by atoms with Crippen molar-refractivity contribution < 1.29 is 0 Å². The van der Waals surface area contributed by atoms with Crippen LogP contribution in [0.5, 0.6) is 0 Å². The van der Waals surface area contributed by atoms with Gasteiger partial charge in [0, 0.05) is 19.2 Å². The fourth-order valence-electron chi connectivity index (χ4n) is 3.12. The highest BCUT2D eigenvalue weighted by Gasteiger charge is 2.08. The Kier molecular flexibility index (Phi) is 6.51. The molecule has 128 valence electrons. The molecular weight excluding hydrogens is 328 g/mol. The minimum absolute atomic E-state index is 1.22. The molecule has 2 heterocycles. The monoisotopic (exact) mass is 356 g/mol. The van der Waals surface area contributed by atoms with Gasteiger partial charge in [0.1, 0.15) is 0 Å². The van der Waals surface area contributed by atoms with Crippen LogP contribution in [0, 0.1) is 0 Å². The summed E-state index contributed by atoms with van der Waals surface area (Å²) in [5.74, 6) is 0. The molecule has 0 fully saturated rings. The lowest BCUT2D eigenvalue weighted by Gasteiger charge is -2.02. The Morgan fingerprint density at radius 1 is 0.708 bits per heavy atom. The third-order valence-corrected chi connectivity index (χ3v) is 6.99. The maximum Gasteiger partial charge on any atom is 0.0460 e. The van der Waals surface area contributed by atoms with Crippen molar-refractivity contribution in [2.24, 2.45) is 0 Å². The number of benzene rings is 1. The fraction of sp³-hybridized carbons (Fsp3) is 0.455. The molecule has 0 radical (unpaired) electrons. The van der Waals surface area contributed by atoms with E-state index in [4.69, 9.17) is 0 Å². The molecule has 3 aromatic rings. The molecule has 0 amide bonds. The summed E-state index contributed by atoms with van der Waals surface area (Å²) in [4.78, 5) is 2.97. The summed E-state index contributed by atoms with van der Waals surface area (Å²) in [6.45, 7) is 4.54. The third kappa shape index (κ3) is 4.49. The predicted molar refractivity (Wildman–Crippen MR) is 112 cm³/mol. The number of hydrogen-bond donors (Lipinski definition) is 0. The normalized spacial score (nSPS) is 11.4. The van der Waals surface area contributed by atoms with E-state index in [1.807, 2.05) is 22.7 Å². The van der Waals surface area contributed by atoms with E-state index in [0.29, 0.717) is 0 Å². The second kappa shape index (κ2) is 8.82. The summed E-state index contributed by atoms with van der Waals surface area (Å²) >= 11 is 3.94. The maximum atomic E-state index is 2.42. The van der Waals surface area contributed by atoms with Crippen molar-refractivity contribution in [1.82, 2.24) is 0 Å². The summed E-state index contributed by atoms with van der Waals surface area (Å²) in [7, 11) is 0. The number of thiophene rings is 2. The van der Waals surface area contributed by atoms with E-state index in [9.17, 15) is 0 Å². The van der Waals surface area contributed by atoms with Gasteiger partial charge in [-0.05, 0) is 48.9 Å². The molecule has 0 aliphatic heterocycles. The van der Waals surface area contributed by atoms with Gasteiger partial charge in [-0.3, -0.25) is 0 Å². The lowest BCUT2D eigenvalue weighted by atomic mass is 10.0. The van der Waals surface area contributed by atoms with Crippen molar-refractivity contribution in [2.45, 2.75) is 65.2 Å². The van der Waals surface area contributed by atoms with Crippen LogP contribution in [0.15, 0.2) is 36.4 Å². The van der Waals surface area contributed by atoms with Crippen LogP contribution in [0.4, 0.5) is 0 Å². The summed E-state index contributed by atoms with van der Waals surface area (Å²) in [6.07, 6.45) is 10.4. The van der Waals surface area contributed by atoms with E-state index in [2.05, 4.69) is 50.2 Å². The van der Waals surface area contributed by atoms with E-state index in [1.165, 1.54) is 76.8 Å². The summed E-state index contributed by atoms with van der Waals surface area (Å²) < 4.78 is 2.93. The van der Waals surface area contributed by atoms with Gasteiger partial charge in [0.15, 0.2) is 0 Å². The van der Waals surface area contributed by atoms with E-state index < -0.39 is 0 Å². The first-order valence-electron chi connectivity index (χ1n) is 9.41. The van der Waals surface area contributed by atoms with Crippen LogP contribution in [0.3, 0.4) is 0 Å². The first kappa shape index (κ1) is 17.7. The molecule has 0 saturated carbocycles. The Morgan fingerprint density at radius 3 is 2.04 bits per heavy atom. The van der Waals surface area contributed by atoms with Gasteiger partial charge in [-0.1, -0.05) is 63.8 Å². The Labute approximate surface area is 154 Å². The first-order chi connectivity index (χ1) is 11.8. The van der Waals surface area contributed by atoms with Crippen LogP contribution in [0.2, 0.25) is 0 Å². The third-order valence-electron chi connectivity index (χ3n) is 4.59. The average molecular weight is 357 g/mol. The second-order valence-electron chi connectivity index (χ2n) is 6.66. The van der Waals surface area contributed by atoms with Gasteiger partial charge in [-0.25, -0.2) is 0 Å². The zero-order chi connectivity index (χ0) is 16.8. The van der Waals surface area contributed by atoms with E-state index in [-0.39, 0.29) is 0 Å². The smallest absolute Gasteiger partial charge is 0.0460 e. The van der Waals surface area contributed by atoms with Gasteiger partial charge >= 0.3 is 0 Å². The van der Waals surface area contributed by atoms with Crippen LogP contribution in [0.25, 0.3) is 19.8 Å². The van der Waals surface area contributed by atoms with Gasteiger partial charge in [-0.15, -0.1) is 22.7 Å². The molecule has 0 nitrogen and oxygen atoms in total. The number of unbranched alkanes of at least 4 members (excludes halogenated alkanes) is 4. The molecular formula is C22H28S2. The molecule has 3 rings (SSSR count). The van der Waals surface area contributed by atoms with Gasteiger partial charge in [0.2, 0.25) is 0 Å². The van der Waals surface area contributed by atoms with E-state index >= 15 is 0 Å². The second-order valence-corrected chi connectivity index (χ2v) is 8.92. The van der Waals surface area contributed by atoms with Crippen LogP contribution in [-0.4, -0.2) is 0 Å². The predicted octanol–water partition coefficient (Wildman–Crippen LogP) is 8.10. The molecule has 0 atom stereocenters. The van der Waals surface area contributed by atoms with Crippen molar-refractivity contribution in [1.29, 1.82) is 0 Å².